The number of likely N-dealkylation sites (N-methyl/N-ethyl adjacent to an activating group) is 1. The van der Waals surface area contributed by atoms with E-state index in [9.17, 15) is 19.4 Å². The molecule has 0 saturated carbocycles. The number of quaternary nitrogens is 1. The van der Waals surface area contributed by atoms with Crippen molar-refractivity contribution in [3.05, 3.63) is 24.3 Å². The van der Waals surface area contributed by atoms with Crippen LogP contribution in [0.15, 0.2) is 24.3 Å². The van der Waals surface area contributed by atoms with Crippen molar-refractivity contribution >= 4 is 13.7 Å². The van der Waals surface area contributed by atoms with E-state index in [0.29, 0.717) is 17.4 Å². The van der Waals surface area contributed by atoms with Crippen molar-refractivity contribution in [3.63, 3.8) is 0 Å². The molecule has 0 heterocycles. The maximum atomic E-state index is 12.8. The van der Waals surface area contributed by atoms with Gasteiger partial charge in [0.1, 0.15) is 13.2 Å². The first-order valence-corrected chi connectivity index (χ1v) is 21.7. The van der Waals surface area contributed by atoms with Gasteiger partial charge >= 0.3 is 0 Å². The number of hydrogen-bond donors (Lipinski definition) is 2. The number of phosphoric acid groups is 1. The Balaban J connectivity index is 4.52. The molecule has 0 aromatic rings. The highest BCUT2D eigenvalue weighted by molar-refractivity contribution is 7.45. The number of rotatable bonds is 36. The molecule has 1 amide bonds. The van der Waals surface area contributed by atoms with Gasteiger partial charge < -0.3 is 28.8 Å². The van der Waals surface area contributed by atoms with Crippen LogP contribution in [-0.2, 0) is 18.4 Å². The van der Waals surface area contributed by atoms with Gasteiger partial charge in [-0.05, 0) is 44.9 Å². The van der Waals surface area contributed by atoms with Gasteiger partial charge in [-0.3, -0.25) is 9.36 Å². The van der Waals surface area contributed by atoms with Gasteiger partial charge in [-0.25, -0.2) is 0 Å². The molecule has 0 bridgehead atoms. The highest BCUT2D eigenvalue weighted by Crippen LogP contribution is 2.38. The number of hydrogen-bond acceptors (Lipinski definition) is 6. The predicted octanol–water partition coefficient (Wildman–Crippen LogP) is 9.94. The van der Waals surface area contributed by atoms with Crippen molar-refractivity contribution in [1.82, 2.24) is 5.32 Å². The van der Waals surface area contributed by atoms with Gasteiger partial charge in [0.2, 0.25) is 5.91 Å². The lowest BCUT2D eigenvalue weighted by molar-refractivity contribution is -0.870. The average molecular weight is 715 g/mol. The number of nitrogens with one attached hydrogen (secondary N) is 1. The first kappa shape index (κ1) is 48.0. The lowest BCUT2D eigenvalue weighted by Crippen LogP contribution is -2.45. The molecule has 0 saturated heterocycles. The summed E-state index contributed by atoms with van der Waals surface area (Å²) < 4.78 is 23.1. The van der Waals surface area contributed by atoms with E-state index in [-0.39, 0.29) is 19.1 Å². The molecule has 0 radical (unpaired) electrons. The quantitative estimate of drug-likeness (QED) is 0.0290. The number of unbranched alkanes of at least 4 members (excludes halogenated alkanes) is 21. The minimum absolute atomic E-state index is 0.00185. The summed E-state index contributed by atoms with van der Waals surface area (Å²) in [5, 5.41) is 13.7. The van der Waals surface area contributed by atoms with Gasteiger partial charge in [0.15, 0.2) is 0 Å². The molecule has 3 atom stereocenters. The van der Waals surface area contributed by atoms with Crippen LogP contribution in [-0.4, -0.2) is 68.5 Å². The first-order valence-electron chi connectivity index (χ1n) is 20.2. The molecule has 0 rings (SSSR count). The zero-order valence-electron chi connectivity index (χ0n) is 32.6. The van der Waals surface area contributed by atoms with E-state index in [0.717, 1.165) is 51.4 Å². The summed E-state index contributed by atoms with van der Waals surface area (Å²) in [4.78, 5) is 25.2. The van der Waals surface area contributed by atoms with Crippen LogP contribution in [0.25, 0.3) is 0 Å². The molecule has 8 nitrogen and oxygen atoms in total. The number of aliphatic hydroxyl groups is 1. The van der Waals surface area contributed by atoms with E-state index in [1.807, 2.05) is 27.2 Å². The first-order chi connectivity index (χ1) is 23.5. The second-order valence-corrected chi connectivity index (χ2v) is 16.4. The zero-order chi connectivity index (χ0) is 36.5. The molecule has 0 aliphatic rings. The third kappa shape index (κ3) is 35.2. The number of carbonyl (C=O) groups excluding carboxylic acids is 1. The van der Waals surface area contributed by atoms with Crippen LogP contribution in [0, 0.1) is 0 Å². The van der Waals surface area contributed by atoms with Crippen LogP contribution in [0.5, 0.6) is 0 Å². The number of amides is 1. The number of carbonyl (C=O) groups is 1. The third-order valence-corrected chi connectivity index (χ3v) is 9.87. The van der Waals surface area contributed by atoms with Gasteiger partial charge in [0.25, 0.3) is 7.82 Å². The molecule has 0 spiro atoms. The Bertz CT molecular complexity index is 860. The van der Waals surface area contributed by atoms with Crippen molar-refractivity contribution < 1.29 is 32.9 Å². The summed E-state index contributed by atoms with van der Waals surface area (Å²) in [6.07, 6.45) is 36.4. The number of phosphoric ester groups is 1. The van der Waals surface area contributed by atoms with Gasteiger partial charge in [0.05, 0.1) is 39.9 Å². The van der Waals surface area contributed by atoms with E-state index >= 15 is 0 Å². The predicted molar refractivity (Wildman–Crippen MR) is 205 cm³/mol. The van der Waals surface area contributed by atoms with Crippen LogP contribution in [0.3, 0.4) is 0 Å². The van der Waals surface area contributed by atoms with Crippen molar-refractivity contribution in [2.75, 3.05) is 40.9 Å². The highest BCUT2D eigenvalue weighted by atomic mass is 31.2. The maximum absolute atomic E-state index is 12.8. The fraction of sp³-hybridized carbons (Fsp3) is 0.875. The van der Waals surface area contributed by atoms with Gasteiger partial charge in [-0.2, -0.15) is 0 Å². The molecule has 0 fully saturated rings. The standard InChI is InChI=1S/C40H79N2O6P/c1-6-8-10-12-14-16-18-20-22-24-26-28-30-32-34-40(44)41-38(37-48-49(45,46)47-36-35-42(3,4)5)39(43)33-31-29-27-25-23-21-19-17-15-13-11-9-7-2/h18,20,31,33,38-39,43H,6-17,19,21-30,32,34-37H2,1-5H3,(H-,41,44,45,46)/b20-18+,33-31+/t38-,39+/m0/s1. The number of allylic oxidation sites excluding steroid dienone is 3. The normalized spacial score (nSPS) is 14.8. The van der Waals surface area contributed by atoms with E-state index in [1.54, 1.807) is 6.08 Å². The molecule has 0 aliphatic heterocycles. The topological polar surface area (TPSA) is 108 Å². The molecule has 1 unspecified atom stereocenters. The van der Waals surface area contributed by atoms with Crippen molar-refractivity contribution in [2.45, 2.75) is 187 Å². The lowest BCUT2D eigenvalue weighted by atomic mass is 10.0. The zero-order valence-corrected chi connectivity index (χ0v) is 33.5. The summed E-state index contributed by atoms with van der Waals surface area (Å²) in [6, 6.07) is -0.885. The van der Waals surface area contributed by atoms with Crippen LogP contribution in [0.1, 0.15) is 174 Å². The molecule has 0 aromatic carbocycles. The molecular formula is C40H79N2O6P. The minimum Gasteiger partial charge on any atom is -0.756 e. The van der Waals surface area contributed by atoms with Gasteiger partial charge in [0, 0.05) is 6.42 Å². The van der Waals surface area contributed by atoms with Crippen LogP contribution < -0.4 is 10.2 Å². The molecule has 9 heteroatoms. The molecule has 0 aromatic heterocycles. The summed E-state index contributed by atoms with van der Waals surface area (Å²) >= 11 is 0. The van der Waals surface area contributed by atoms with Gasteiger partial charge in [-0.15, -0.1) is 0 Å². The maximum Gasteiger partial charge on any atom is 0.268 e. The van der Waals surface area contributed by atoms with Gasteiger partial charge in [-0.1, -0.05) is 147 Å². The molecular weight excluding hydrogens is 635 g/mol. The largest absolute Gasteiger partial charge is 0.756 e. The average Bonchev–Trinajstić information content (AvgIpc) is 3.04. The second kappa shape index (κ2) is 32.9. The summed E-state index contributed by atoms with van der Waals surface area (Å²) in [7, 11) is 1.25. The Morgan fingerprint density at radius 2 is 1.12 bits per heavy atom. The van der Waals surface area contributed by atoms with Crippen LogP contribution in [0.2, 0.25) is 0 Å². The molecule has 2 N–H and O–H groups in total. The highest BCUT2D eigenvalue weighted by Gasteiger charge is 2.23. The SMILES string of the molecule is CCCCCCC/C=C/CCCCCCCC(=O)N[C@@H](COP(=O)([O-])OCC[N+](C)(C)C)[C@H](O)/C=C/CCCCCCCCCCCCC. The smallest absolute Gasteiger partial charge is 0.268 e. The number of nitrogens with zero attached hydrogens (tertiary/aromatic N) is 1. The Labute approximate surface area is 303 Å². The lowest BCUT2D eigenvalue weighted by Gasteiger charge is -2.29. The monoisotopic (exact) mass is 715 g/mol. The van der Waals surface area contributed by atoms with Crippen LogP contribution in [0.4, 0.5) is 0 Å². The molecule has 0 aliphatic carbocycles. The van der Waals surface area contributed by atoms with Crippen molar-refractivity contribution in [2.24, 2.45) is 0 Å². The Morgan fingerprint density at radius 3 is 1.59 bits per heavy atom. The fourth-order valence-corrected chi connectivity index (χ4v) is 6.34. The third-order valence-electron chi connectivity index (χ3n) is 8.91. The van der Waals surface area contributed by atoms with Crippen molar-refractivity contribution in [3.8, 4) is 0 Å². The Kier molecular flexibility index (Phi) is 32.2. The Morgan fingerprint density at radius 1 is 0.694 bits per heavy atom. The van der Waals surface area contributed by atoms with Crippen LogP contribution >= 0.6 is 7.82 Å². The summed E-state index contributed by atoms with van der Waals surface area (Å²) in [5.41, 5.74) is 0. The van der Waals surface area contributed by atoms with E-state index < -0.39 is 20.0 Å². The minimum atomic E-state index is -4.58. The Hall–Kier alpha value is -1.02. The summed E-state index contributed by atoms with van der Waals surface area (Å²) in [6.45, 7) is 4.61. The fourth-order valence-electron chi connectivity index (χ4n) is 5.62. The van der Waals surface area contributed by atoms with E-state index in [2.05, 4.69) is 31.3 Å². The number of aliphatic hydroxyl groups excluding tert-OH is 1. The van der Waals surface area contributed by atoms with Crippen molar-refractivity contribution in [1.29, 1.82) is 0 Å². The molecule has 290 valence electrons. The second-order valence-electron chi connectivity index (χ2n) is 15.0. The molecule has 49 heavy (non-hydrogen) atoms. The van der Waals surface area contributed by atoms with E-state index in [4.69, 9.17) is 9.05 Å². The van der Waals surface area contributed by atoms with E-state index in [1.165, 1.54) is 103 Å². The summed E-state index contributed by atoms with van der Waals surface area (Å²) in [5.74, 6) is -0.208.